The summed E-state index contributed by atoms with van der Waals surface area (Å²) in [5.41, 5.74) is 3.06. The number of hydrogen-bond donors (Lipinski definition) is 1. The first-order valence-corrected chi connectivity index (χ1v) is 6.19. The zero-order valence-corrected chi connectivity index (χ0v) is 9.89. The van der Waals surface area contributed by atoms with Gasteiger partial charge < -0.3 is 0 Å². The molecule has 0 atom stereocenters. The van der Waals surface area contributed by atoms with Gasteiger partial charge in [0.05, 0.1) is 0 Å². The zero-order chi connectivity index (χ0) is 10.2. The van der Waals surface area contributed by atoms with Crippen LogP contribution in [0.5, 0.6) is 0 Å². The van der Waals surface area contributed by atoms with Crippen LogP contribution < -0.4 is 0 Å². The zero-order valence-electron chi connectivity index (χ0n) is 9.00. The smallest absolute Gasteiger partial charge is 0.00947 e. The van der Waals surface area contributed by atoms with Crippen molar-refractivity contribution in [1.82, 2.24) is 0 Å². The summed E-state index contributed by atoms with van der Waals surface area (Å²) in [6.45, 7) is 2.25. The van der Waals surface area contributed by atoms with Crippen LogP contribution in [0.25, 0.3) is 0 Å². The second-order valence-electron chi connectivity index (χ2n) is 3.70. The minimum absolute atomic E-state index is 0.988. The van der Waals surface area contributed by atoms with E-state index in [1.807, 2.05) is 0 Å². The summed E-state index contributed by atoms with van der Waals surface area (Å²) in [6, 6.07) is 8.82. The Kier molecular flexibility index (Phi) is 5.77. The van der Waals surface area contributed by atoms with Crippen molar-refractivity contribution in [3.05, 3.63) is 35.4 Å². The van der Waals surface area contributed by atoms with Gasteiger partial charge in [0.25, 0.3) is 0 Å². The van der Waals surface area contributed by atoms with Gasteiger partial charge in [-0.15, -0.1) is 0 Å². The number of aryl methyl sites for hydroxylation is 2. The molecule has 0 aromatic heterocycles. The highest BCUT2D eigenvalue weighted by atomic mass is 32.1. The number of unbranched alkanes of at least 4 members (excludes halogenated alkanes) is 1. The quantitative estimate of drug-likeness (QED) is 0.674. The average Bonchev–Trinajstić information content (AvgIpc) is 2.24. The first kappa shape index (κ1) is 11.6. The lowest BCUT2D eigenvalue weighted by atomic mass is 9.99. The van der Waals surface area contributed by atoms with E-state index in [0.29, 0.717) is 0 Å². The van der Waals surface area contributed by atoms with Crippen molar-refractivity contribution in [2.45, 2.75) is 39.0 Å². The van der Waals surface area contributed by atoms with E-state index >= 15 is 0 Å². The van der Waals surface area contributed by atoms with Crippen LogP contribution >= 0.6 is 12.6 Å². The fourth-order valence-electron chi connectivity index (χ4n) is 1.68. The lowest BCUT2D eigenvalue weighted by Gasteiger charge is -2.07. The molecular weight excluding hydrogens is 188 g/mol. The maximum Gasteiger partial charge on any atom is -0.00947 e. The van der Waals surface area contributed by atoms with Crippen LogP contribution in [0.4, 0.5) is 0 Å². The van der Waals surface area contributed by atoms with E-state index in [1.54, 1.807) is 0 Å². The van der Waals surface area contributed by atoms with Gasteiger partial charge in [-0.05, 0) is 42.6 Å². The molecule has 1 rings (SSSR count). The van der Waals surface area contributed by atoms with Crippen LogP contribution in [0.3, 0.4) is 0 Å². The molecule has 0 fully saturated rings. The van der Waals surface area contributed by atoms with Crippen molar-refractivity contribution >= 4 is 12.6 Å². The Morgan fingerprint density at radius 1 is 1.00 bits per heavy atom. The minimum atomic E-state index is 0.988. The van der Waals surface area contributed by atoms with Gasteiger partial charge in [-0.3, -0.25) is 0 Å². The predicted octanol–water partition coefficient (Wildman–Crippen LogP) is 3.89. The molecule has 1 heteroatoms. The molecule has 0 amide bonds. The van der Waals surface area contributed by atoms with E-state index in [2.05, 4.69) is 43.8 Å². The fourth-order valence-corrected chi connectivity index (χ4v) is 1.84. The third-order valence-electron chi connectivity index (χ3n) is 2.52. The predicted molar refractivity (Wildman–Crippen MR) is 67.2 cm³/mol. The molecule has 0 saturated heterocycles. The molecule has 0 saturated carbocycles. The summed E-state index contributed by atoms with van der Waals surface area (Å²) in [5, 5.41) is 0. The summed E-state index contributed by atoms with van der Waals surface area (Å²) in [5.74, 6) is 0.988. The number of thiol groups is 1. The number of hydrogen-bond acceptors (Lipinski definition) is 1. The second-order valence-corrected chi connectivity index (χ2v) is 4.15. The van der Waals surface area contributed by atoms with Crippen molar-refractivity contribution < 1.29 is 0 Å². The molecule has 0 heterocycles. The van der Waals surface area contributed by atoms with Crippen molar-refractivity contribution in [2.24, 2.45) is 0 Å². The molecule has 0 aliphatic rings. The summed E-state index contributed by atoms with van der Waals surface area (Å²) in [4.78, 5) is 0. The number of benzene rings is 1. The molecule has 0 nitrogen and oxygen atoms in total. The van der Waals surface area contributed by atoms with Gasteiger partial charge in [-0.1, -0.05) is 37.6 Å². The minimum Gasteiger partial charge on any atom is -0.179 e. The van der Waals surface area contributed by atoms with Gasteiger partial charge in [0.2, 0.25) is 0 Å². The Labute approximate surface area is 93.1 Å². The molecule has 1 aromatic rings. The van der Waals surface area contributed by atoms with E-state index in [4.69, 9.17) is 0 Å². The van der Waals surface area contributed by atoms with Crippen LogP contribution in [0.15, 0.2) is 24.3 Å². The van der Waals surface area contributed by atoms with E-state index in [1.165, 1.54) is 43.2 Å². The molecular formula is C13H20S. The van der Waals surface area contributed by atoms with E-state index in [-0.39, 0.29) is 0 Å². The van der Waals surface area contributed by atoms with Gasteiger partial charge in [0.1, 0.15) is 0 Å². The monoisotopic (exact) mass is 208 g/mol. The SMILES string of the molecule is CCCCc1ccccc1CCCS. The molecule has 14 heavy (non-hydrogen) atoms. The van der Waals surface area contributed by atoms with Crippen molar-refractivity contribution in [3.8, 4) is 0 Å². The van der Waals surface area contributed by atoms with Crippen LogP contribution in [-0.2, 0) is 12.8 Å². The first-order chi connectivity index (χ1) is 6.88. The lowest BCUT2D eigenvalue weighted by molar-refractivity contribution is 0.781. The Morgan fingerprint density at radius 2 is 1.57 bits per heavy atom. The van der Waals surface area contributed by atoms with Crippen LogP contribution in [0, 0.1) is 0 Å². The number of rotatable bonds is 6. The summed E-state index contributed by atoms with van der Waals surface area (Å²) in [7, 11) is 0. The molecule has 78 valence electrons. The Hall–Kier alpha value is -0.430. The van der Waals surface area contributed by atoms with Gasteiger partial charge >= 0.3 is 0 Å². The highest BCUT2D eigenvalue weighted by Crippen LogP contribution is 2.14. The molecule has 0 spiro atoms. The van der Waals surface area contributed by atoms with E-state index in [9.17, 15) is 0 Å². The highest BCUT2D eigenvalue weighted by molar-refractivity contribution is 7.80. The molecule has 0 radical (unpaired) electrons. The first-order valence-electron chi connectivity index (χ1n) is 5.56. The van der Waals surface area contributed by atoms with Gasteiger partial charge in [-0.2, -0.15) is 12.6 Å². The summed E-state index contributed by atoms with van der Waals surface area (Å²) >= 11 is 4.26. The van der Waals surface area contributed by atoms with Crippen molar-refractivity contribution in [2.75, 3.05) is 5.75 Å². The van der Waals surface area contributed by atoms with Gasteiger partial charge in [0, 0.05) is 0 Å². The van der Waals surface area contributed by atoms with Crippen LogP contribution in [-0.4, -0.2) is 5.75 Å². The van der Waals surface area contributed by atoms with Crippen molar-refractivity contribution in [1.29, 1.82) is 0 Å². The molecule has 0 N–H and O–H groups in total. The topological polar surface area (TPSA) is 0 Å². The largest absolute Gasteiger partial charge is 0.179 e. The maximum atomic E-state index is 4.26. The van der Waals surface area contributed by atoms with Crippen LogP contribution in [0.2, 0.25) is 0 Å². The Balaban J connectivity index is 2.60. The van der Waals surface area contributed by atoms with E-state index in [0.717, 1.165) is 5.75 Å². The summed E-state index contributed by atoms with van der Waals surface area (Å²) < 4.78 is 0. The van der Waals surface area contributed by atoms with Crippen molar-refractivity contribution in [3.63, 3.8) is 0 Å². The average molecular weight is 208 g/mol. The standard InChI is InChI=1S/C13H20S/c1-2-3-7-12-8-4-5-9-13(12)10-6-11-14/h4-5,8-9,14H,2-3,6-7,10-11H2,1H3. The van der Waals surface area contributed by atoms with Gasteiger partial charge in [0.15, 0.2) is 0 Å². The lowest BCUT2D eigenvalue weighted by Crippen LogP contribution is -1.94. The van der Waals surface area contributed by atoms with E-state index < -0.39 is 0 Å². The highest BCUT2D eigenvalue weighted by Gasteiger charge is 2.00. The second kappa shape index (κ2) is 6.94. The molecule has 0 aliphatic heterocycles. The fraction of sp³-hybridized carbons (Fsp3) is 0.538. The third kappa shape index (κ3) is 3.75. The third-order valence-corrected chi connectivity index (χ3v) is 2.84. The van der Waals surface area contributed by atoms with Gasteiger partial charge in [-0.25, -0.2) is 0 Å². The summed E-state index contributed by atoms with van der Waals surface area (Å²) in [6.07, 6.45) is 6.19. The molecule has 0 bridgehead atoms. The Bertz CT molecular complexity index is 228. The molecule has 0 aliphatic carbocycles. The Morgan fingerprint density at radius 3 is 2.07 bits per heavy atom. The molecule has 1 aromatic carbocycles. The molecule has 0 unspecified atom stereocenters. The maximum absolute atomic E-state index is 4.26. The van der Waals surface area contributed by atoms with Crippen LogP contribution in [0.1, 0.15) is 37.3 Å². The normalized spacial score (nSPS) is 10.4.